The monoisotopic (exact) mass is 285 g/mol. The Kier molecular flexibility index (Phi) is 5.04. The number of carbonyl (C=O) groups excluding carboxylic acids is 1. The maximum absolute atomic E-state index is 11.6. The zero-order valence-corrected chi connectivity index (χ0v) is 11.8. The molecular weight excluding hydrogens is 266 g/mol. The van der Waals surface area contributed by atoms with Crippen LogP contribution in [-0.4, -0.2) is 20.4 Å². The SMILES string of the molecule is CC(C)[C@@H](N)C(=O)NCc1ccc(S(N)(=O)=O)cc1. The molecule has 19 heavy (non-hydrogen) atoms. The fourth-order valence-corrected chi connectivity index (χ4v) is 1.92. The first-order valence-corrected chi connectivity index (χ1v) is 7.41. The van der Waals surface area contributed by atoms with Crippen molar-refractivity contribution < 1.29 is 13.2 Å². The molecule has 1 rings (SSSR count). The maximum atomic E-state index is 11.6. The Hall–Kier alpha value is -1.44. The lowest BCUT2D eigenvalue weighted by Crippen LogP contribution is -2.43. The molecule has 1 aromatic carbocycles. The van der Waals surface area contributed by atoms with Crippen molar-refractivity contribution in [2.24, 2.45) is 16.8 Å². The molecule has 1 amide bonds. The Labute approximate surface area is 113 Å². The van der Waals surface area contributed by atoms with Crippen molar-refractivity contribution in [3.05, 3.63) is 29.8 Å². The van der Waals surface area contributed by atoms with Crippen LogP contribution in [0.5, 0.6) is 0 Å². The molecule has 1 atom stereocenters. The van der Waals surface area contributed by atoms with E-state index in [1.807, 2.05) is 13.8 Å². The molecule has 0 aromatic heterocycles. The lowest BCUT2D eigenvalue weighted by atomic mass is 10.0. The van der Waals surface area contributed by atoms with Gasteiger partial charge in [-0.1, -0.05) is 26.0 Å². The largest absolute Gasteiger partial charge is 0.351 e. The Morgan fingerprint density at radius 2 is 1.79 bits per heavy atom. The molecule has 1 aromatic rings. The third-order valence-corrected chi connectivity index (χ3v) is 3.67. The predicted octanol–water partition coefficient (Wildman–Crippen LogP) is -0.0665. The van der Waals surface area contributed by atoms with Gasteiger partial charge in [-0.05, 0) is 23.6 Å². The van der Waals surface area contributed by atoms with Gasteiger partial charge in [0.15, 0.2) is 0 Å². The minimum absolute atomic E-state index is 0.0430. The average Bonchev–Trinajstić information content (AvgIpc) is 2.34. The molecule has 6 nitrogen and oxygen atoms in total. The fraction of sp³-hybridized carbons (Fsp3) is 0.417. The fourth-order valence-electron chi connectivity index (χ4n) is 1.41. The van der Waals surface area contributed by atoms with Crippen LogP contribution >= 0.6 is 0 Å². The highest BCUT2D eigenvalue weighted by Crippen LogP contribution is 2.08. The maximum Gasteiger partial charge on any atom is 0.238 e. The summed E-state index contributed by atoms with van der Waals surface area (Å²) in [6, 6.07) is 5.45. The number of amides is 1. The van der Waals surface area contributed by atoms with Gasteiger partial charge in [0.25, 0.3) is 0 Å². The van der Waals surface area contributed by atoms with Crippen LogP contribution < -0.4 is 16.2 Å². The van der Waals surface area contributed by atoms with Crippen LogP contribution in [0.2, 0.25) is 0 Å². The molecule has 0 saturated carbocycles. The first kappa shape index (κ1) is 15.6. The van der Waals surface area contributed by atoms with Crippen molar-refractivity contribution in [3.63, 3.8) is 0 Å². The van der Waals surface area contributed by atoms with Crippen molar-refractivity contribution >= 4 is 15.9 Å². The molecule has 0 spiro atoms. The summed E-state index contributed by atoms with van der Waals surface area (Å²) >= 11 is 0. The first-order chi connectivity index (χ1) is 8.71. The number of carbonyl (C=O) groups is 1. The molecule has 0 saturated heterocycles. The van der Waals surface area contributed by atoms with Gasteiger partial charge < -0.3 is 11.1 Å². The van der Waals surface area contributed by atoms with Crippen molar-refractivity contribution in [3.8, 4) is 0 Å². The van der Waals surface area contributed by atoms with E-state index in [-0.39, 0.29) is 16.7 Å². The zero-order chi connectivity index (χ0) is 14.6. The average molecular weight is 285 g/mol. The molecule has 0 fully saturated rings. The first-order valence-electron chi connectivity index (χ1n) is 5.87. The van der Waals surface area contributed by atoms with Crippen LogP contribution in [-0.2, 0) is 21.4 Å². The summed E-state index contributed by atoms with van der Waals surface area (Å²) in [5, 5.41) is 7.68. The van der Waals surface area contributed by atoms with E-state index in [2.05, 4.69) is 5.32 Å². The van der Waals surface area contributed by atoms with E-state index >= 15 is 0 Å². The Morgan fingerprint density at radius 1 is 1.26 bits per heavy atom. The summed E-state index contributed by atoms with van der Waals surface area (Å²) in [5.41, 5.74) is 6.47. The molecule has 0 aliphatic heterocycles. The minimum atomic E-state index is -3.68. The molecule has 5 N–H and O–H groups in total. The molecule has 7 heteroatoms. The Balaban J connectivity index is 2.63. The van der Waals surface area contributed by atoms with Gasteiger partial charge in [0.2, 0.25) is 15.9 Å². The van der Waals surface area contributed by atoms with Gasteiger partial charge in [0.1, 0.15) is 0 Å². The number of nitrogens with two attached hydrogens (primary N) is 2. The van der Waals surface area contributed by atoms with E-state index in [4.69, 9.17) is 10.9 Å². The smallest absolute Gasteiger partial charge is 0.238 e. The molecular formula is C12H19N3O3S. The molecule has 0 bridgehead atoms. The summed E-state index contributed by atoms with van der Waals surface area (Å²) in [6.07, 6.45) is 0. The standard InChI is InChI=1S/C12H19N3O3S/c1-8(2)11(13)12(16)15-7-9-3-5-10(6-4-9)19(14,17)18/h3-6,8,11H,7,13H2,1-2H3,(H,15,16)(H2,14,17,18)/t11-/m1/s1. The summed E-state index contributed by atoms with van der Waals surface area (Å²) < 4.78 is 22.1. The number of sulfonamides is 1. The van der Waals surface area contributed by atoms with Gasteiger partial charge in [-0.2, -0.15) is 0 Å². The number of hydrogen-bond acceptors (Lipinski definition) is 4. The van der Waals surface area contributed by atoms with Crippen molar-refractivity contribution in [1.29, 1.82) is 0 Å². The van der Waals surface area contributed by atoms with Crippen molar-refractivity contribution in [2.45, 2.75) is 31.3 Å². The summed E-state index contributed by atoms with van der Waals surface area (Å²) in [6.45, 7) is 4.03. The van der Waals surface area contributed by atoms with Gasteiger partial charge in [0.05, 0.1) is 10.9 Å². The van der Waals surface area contributed by atoms with E-state index in [0.29, 0.717) is 6.54 Å². The van der Waals surface area contributed by atoms with E-state index < -0.39 is 16.1 Å². The van der Waals surface area contributed by atoms with Crippen LogP contribution in [0.1, 0.15) is 19.4 Å². The highest BCUT2D eigenvalue weighted by molar-refractivity contribution is 7.89. The number of rotatable bonds is 5. The minimum Gasteiger partial charge on any atom is -0.351 e. The molecule has 0 radical (unpaired) electrons. The molecule has 0 heterocycles. The lowest BCUT2D eigenvalue weighted by molar-refractivity contribution is -0.123. The zero-order valence-electron chi connectivity index (χ0n) is 11.0. The van der Waals surface area contributed by atoms with Gasteiger partial charge in [-0.3, -0.25) is 4.79 Å². The highest BCUT2D eigenvalue weighted by Gasteiger charge is 2.16. The van der Waals surface area contributed by atoms with E-state index in [1.165, 1.54) is 12.1 Å². The molecule has 0 unspecified atom stereocenters. The second kappa shape index (κ2) is 6.14. The lowest BCUT2D eigenvalue weighted by Gasteiger charge is -2.15. The number of nitrogens with one attached hydrogen (secondary N) is 1. The van der Waals surface area contributed by atoms with Gasteiger partial charge in [-0.25, -0.2) is 13.6 Å². The van der Waals surface area contributed by atoms with Crippen LogP contribution in [0.25, 0.3) is 0 Å². The third kappa shape index (κ3) is 4.62. The van der Waals surface area contributed by atoms with Gasteiger partial charge in [0, 0.05) is 6.54 Å². The quantitative estimate of drug-likeness (QED) is 0.702. The number of benzene rings is 1. The summed E-state index contributed by atoms with van der Waals surface area (Å²) in [7, 11) is -3.68. The van der Waals surface area contributed by atoms with E-state index in [1.54, 1.807) is 12.1 Å². The number of primary sulfonamides is 1. The molecule has 0 aliphatic carbocycles. The Morgan fingerprint density at radius 3 is 2.21 bits per heavy atom. The summed E-state index contributed by atoms with van der Waals surface area (Å²) in [4.78, 5) is 11.7. The van der Waals surface area contributed by atoms with E-state index in [0.717, 1.165) is 5.56 Å². The van der Waals surface area contributed by atoms with E-state index in [9.17, 15) is 13.2 Å². The third-order valence-electron chi connectivity index (χ3n) is 2.74. The topological polar surface area (TPSA) is 115 Å². The Bertz CT molecular complexity index is 538. The van der Waals surface area contributed by atoms with Gasteiger partial charge >= 0.3 is 0 Å². The van der Waals surface area contributed by atoms with Gasteiger partial charge in [-0.15, -0.1) is 0 Å². The molecule has 106 valence electrons. The van der Waals surface area contributed by atoms with Crippen molar-refractivity contribution in [1.82, 2.24) is 5.32 Å². The van der Waals surface area contributed by atoms with Crippen LogP contribution in [0, 0.1) is 5.92 Å². The second-order valence-electron chi connectivity index (χ2n) is 4.68. The van der Waals surface area contributed by atoms with Crippen LogP contribution in [0.4, 0.5) is 0 Å². The summed E-state index contributed by atoms with van der Waals surface area (Å²) in [5.74, 6) is -0.171. The second-order valence-corrected chi connectivity index (χ2v) is 6.24. The number of hydrogen-bond donors (Lipinski definition) is 3. The van der Waals surface area contributed by atoms with Crippen LogP contribution in [0.3, 0.4) is 0 Å². The molecule has 0 aliphatic rings. The van der Waals surface area contributed by atoms with Crippen molar-refractivity contribution in [2.75, 3.05) is 0 Å². The highest BCUT2D eigenvalue weighted by atomic mass is 32.2. The van der Waals surface area contributed by atoms with Crippen LogP contribution in [0.15, 0.2) is 29.2 Å². The normalized spacial score (nSPS) is 13.3. The predicted molar refractivity (Wildman–Crippen MR) is 72.5 cm³/mol.